The summed E-state index contributed by atoms with van der Waals surface area (Å²) in [5.74, 6) is 1.22. The van der Waals surface area contributed by atoms with Gasteiger partial charge in [0.05, 0.1) is 18.9 Å². The van der Waals surface area contributed by atoms with Gasteiger partial charge in [-0.05, 0) is 31.0 Å². The molecule has 0 N–H and O–H groups in total. The van der Waals surface area contributed by atoms with Gasteiger partial charge in [0.25, 0.3) is 0 Å². The van der Waals surface area contributed by atoms with Gasteiger partial charge in [-0.3, -0.25) is 0 Å². The molecule has 5 heteroatoms. The summed E-state index contributed by atoms with van der Waals surface area (Å²) in [5, 5.41) is 8.09. The first kappa shape index (κ1) is 11.8. The van der Waals surface area contributed by atoms with Gasteiger partial charge < -0.3 is 4.74 Å². The second-order valence-corrected chi connectivity index (χ2v) is 4.15. The van der Waals surface area contributed by atoms with Crippen molar-refractivity contribution >= 4 is 11.6 Å². The van der Waals surface area contributed by atoms with Crippen molar-refractivity contribution in [3.8, 4) is 17.1 Å². The minimum Gasteiger partial charge on any atom is -0.496 e. The summed E-state index contributed by atoms with van der Waals surface area (Å²) < 4.78 is 5.37. The van der Waals surface area contributed by atoms with Gasteiger partial charge in [-0.2, -0.15) is 5.10 Å². The summed E-state index contributed by atoms with van der Waals surface area (Å²) in [6.07, 6.45) is 1.40. The van der Waals surface area contributed by atoms with Crippen LogP contribution >= 0.6 is 11.6 Å². The van der Waals surface area contributed by atoms with Crippen LogP contribution in [0.25, 0.3) is 11.4 Å². The first-order chi connectivity index (χ1) is 8.11. The maximum absolute atomic E-state index is 5.82. The maximum atomic E-state index is 5.82. The fourth-order valence-corrected chi connectivity index (χ4v) is 1.91. The molecule has 0 bridgehead atoms. The van der Waals surface area contributed by atoms with Crippen molar-refractivity contribution in [2.45, 2.75) is 13.8 Å². The number of nitrogens with zero attached hydrogens (tertiary/aromatic N) is 3. The van der Waals surface area contributed by atoms with E-state index in [4.69, 9.17) is 16.3 Å². The molecule has 0 aliphatic carbocycles. The zero-order valence-electron chi connectivity index (χ0n) is 9.86. The van der Waals surface area contributed by atoms with Crippen LogP contribution in [-0.4, -0.2) is 22.3 Å². The number of ether oxygens (including phenoxy) is 1. The lowest BCUT2D eigenvalue weighted by atomic mass is 10.1. The second-order valence-electron chi connectivity index (χ2n) is 3.77. The molecule has 0 fully saturated rings. The molecule has 0 spiro atoms. The highest BCUT2D eigenvalue weighted by Crippen LogP contribution is 2.32. The van der Waals surface area contributed by atoms with E-state index < -0.39 is 0 Å². The van der Waals surface area contributed by atoms with E-state index >= 15 is 0 Å². The zero-order valence-corrected chi connectivity index (χ0v) is 10.6. The van der Waals surface area contributed by atoms with Crippen LogP contribution < -0.4 is 4.74 Å². The summed E-state index contributed by atoms with van der Waals surface area (Å²) in [7, 11) is 1.62. The van der Waals surface area contributed by atoms with E-state index in [0.29, 0.717) is 11.0 Å². The Morgan fingerprint density at radius 1 is 1.24 bits per heavy atom. The lowest BCUT2D eigenvalue weighted by molar-refractivity contribution is 0.413. The molecule has 0 amide bonds. The quantitative estimate of drug-likeness (QED) is 0.821. The standard InChI is InChI=1S/C12H12ClN3O/c1-7-4-8(2)11(17-3)9(5-7)12-15-10(13)6-14-16-12/h4-6H,1-3H3. The van der Waals surface area contributed by atoms with Crippen LogP contribution in [0, 0.1) is 13.8 Å². The Morgan fingerprint density at radius 2 is 2.00 bits per heavy atom. The number of hydrogen-bond donors (Lipinski definition) is 0. The number of hydrogen-bond acceptors (Lipinski definition) is 4. The van der Waals surface area contributed by atoms with Gasteiger partial charge in [-0.25, -0.2) is 4.98 Å². The summed E-state index contributed by atoms with van der Waals surface area (Å²) in [5.41, 5.74) is 2.95. The Hall–Kier alpha value is -1.68. The highest BCUT2D eigenvalue weighted by molar-refractivity contribution is 6.29. The minimum atomic E-state index is 0.316. The second kappa shape index (κ2) is 4.67. The highest BCUT2D eigenvalue weighted by atomic mass is 35.5. The van der Waals surface area contributed by atoms with Gasteiger partial charge in [0.2, 0.25) is 0 Å². The molecule has 0 saturated heterocycles. The number of aromatic nitrogens is 3. The van der Waals surface area contributed by atoms with Crippen molar-refractivity contribution in [3.05, 3.63) is 34.6 Å². The van der Waals surface area contributed by atoms with Crippen molar-refractivity contribution in [1.82, 2.24) is 15.2 Å². The van der Waals surface area contributed by atoms with Gasteiger partial charge in [-0.15, -0.1) is 5.10 Å². The number of methoxy groups -OCH3 is 1. The molecule has 0 radical (unpaired) electrons. The molecular formula is C12H12ClN3O. The minimum absolute atomic E-state index is 0.316. The van der Waals surface area contributed by atoms with Gasteiger partial charge in [0.1, 0.15) is 5.75 Å². The van der Waals surface area contributed by atoms with E-state index in [1.54, 1.807) is 7.11 Å². The Morgan fingerprint density at radius 3 is 2.65 bits per heavy atom. The average molecular weight is 250 g/mol. The molecule has 1 aromatic heterocycles. The molecule has 2 rings (SSSR count). The van der Waals surface area contributed by atoms with E-state index in [2.05, 4.69) is 15.2 Å². The van der Waals surface area contributed by atoms with E-state index in [0.717, 1.165) is 22.4 Å². The van der Waals surface area contributed by atoms with Crippen LogP contribution in [0.4, 0.5) is 0 Å². The molecule has 1 aromatic carbocycles. The Kier molecular flexibility index (Phi) is 3.24. The van der Waals surface area contributed by atoms with E-state index in [1.165, 1.54) is 6.20 Å². The third-order valence-electron chi connectivity index (χ3n) is 2.39. The summed E-state index contributed by atoms with van der Waals surface area (Å²) in [4.78, 5) is 4.15. The van der Waals surface area contributed by atoms with Crippen molar-refractivity contribution in [3.63, 3.8) is 0 Å². The molecule has 2 aromatic rings. The average Bonchev–Trinajstić information content (AvgIpc) is 2.28. The lowest BCUT2D eigenvalue weighted by Crippen LogP contribution is -1.97. The molecule has 17 heavy (non-hydrogen) atoms. The SMILES string of the molecule is COc1c(C)cc(C)cc1-c1nncc(Cl)n1. The van der Waals surface area contributed by atoms with Crippen molar-refractivity contribution in [1.29, 1.82) is 0 Å². The normalized spacial score (nSPS) is 10.4. The molecule has 0 atom stereocenters. The molecule has 88 valence electrons. The molecular weight excluding hydrogens is 238 g/mol. The molecule has 0 saturated carbocycles. The third-order valence-corrected chi connectivity index (χ3v) is 2.58. The van der Waals surface area contributed by atoms with Crippen LogP contribution in [0.3, 0.4) is 0 Å². The van der Waals surface area contributed by atoms with Crippen LogP contribution in [-0.2, 0) is 0 Å². The lowest BCUT2D eigenvalue weighted by Gasteiger charge is -2.11. The smallest absolute Gasteiger partial charge is 0.186 e. The van der Waals surface area contributed by atoms with Gasteiger partial charge in [0.15, 0.2) is 11.0 Å². The molecule has 0 aliphatic rings. The van der Waals surface area contributed by atoms with Gasteiger partial charge in [-0.1, -0.05) is 17.7 Å². The number of benzene rings is 1. The van der Waals surface area contributed by atoms with Gasteiger partial charge >= 0.3 is 0 Å². The zero-order chi connectivity index (χ0) is 12.4. The fraction of sp³-hybridized carbons (Fsp3) is 0.250. The van der Waals surface area contributed by atoms with Crippen LogP contribution in [0.5, 0.6) is 5.75 Å². The first-order valence-electron chi connectivity index (χ1n) is 5.12. The third kappa shape index (κ3) is 2.36. The Bertz CT molecular complexity index is 557. The molecule has 4 nitrogen and oxygen atoms in total. The van der Waals surface area contributed by atoms with Crippen LogP contribution in [0.15, 0.2) is 18.3 Å². The maximum Gasteiger partial charge on any atom is 0.186 e. The number of rotatable bonds is 2. The van der Waals surface area contributed by atoms with Crippen LogP contribution in [0.1, 0.15) is 11.1 Å². The Labute approximate surface area is 105 Å². The summed E-state index contributed by atoms with van der Waals surface area (Å²) in [6.45, 7) is 3.99. The van der Waals surface area contributed by atoms with Crippen LogP contribution in [0.2, 0.25) is 5.15 Å². The largest absolute Gasteiger partial charge is 0.496 e. The molecule has 0 unspecified atom stereocenters. The Balaban J connectivity index is 2.65. The topological polar surface area (TPSA) is 47.9 Å². The predicted octanol–water partition coefficient (Wildman–Crippen LogP) is 2.82. The van der Waals surface area contributed by atoms with Crippen molar-refractivity contribution in [2.24, 2.45) is 0 Å². The van der Waals surface area contributed by atoms with E-state index in [1.807, 2.05) is 26.0 Å². The summed E-state index contributed by atoms with van der Waals surface area (Å²) in [6, 6.07) is 4.00. The first-order valence-corrected chi connectivity index (χ1v) is 5.50. The van der Waals surface area contributed by atoms with E-state index in [9.17, 15) is 0 Å². The molecule has 0 aliphatic heterocycles. The van der Waals surface area contributed by atoms with Gasteiger partial charge in [0, 0.05) is 0 Å². The predicted molar refractivity (Wildman–Crippen MR) is 66.3 cm³/mol. The number of halogens is 1. The van der Waals surface area contributed by atoms with E-state index in [-0.39, 0.29) is 0 Å². The molecule has 1 heterocycles. The summed E-state index contributed by atoms with van der Waals surface area (Å²) >= 11 is 5.82. The monoisotopic (exact) mass is 249 g/mol. The highest BCUT2D eigenvalue weighted by Gasteiger charge is 2.12. The fourth-order valence-electron chi connectivity index (χ4n) is 1.79. The van der Waals surface area contributed by atoms with Crippen molar-refractivity contribution in [2.75, 3.05) is 7.11 Å². The number of aryl methyl sites for hydroxylation is 2. The van der Waals surface area contributed by atoms with Crippen molar-refractivity contribution < 1.29 is 4.74 Å².